The molecule has 1 atom stereocenters. The molecule has 0 aliphatic rings. The first-order chi connectivity index (χ1) is 10.6. The van der Waals surface area contributed by atoms with Gasteiger partial charge in [0.1, 0.15) is 5.82 Å². The van der Waals surface area contributed by atoms with Crippen molar-refractivity contribution in [3.8, 4) is 0 Å². The number of anilines is 1. The molecule has 0 fully saturated rings. The van der Waals surface area contributed by atoms with Gasteiger partial charge < -0.3 is 20.3 Å². The molecule has 0 radical (unpaired) electrons. The normalized spacial score (nSPS) is 12.9. The molecule has 2 N–H and O–H groups in total. The Balaban J connectivity index is 2.53. The summed E-state index contributed by atoms with van der Waals surface area (Å²) in [5, 5.41) is 6.55. The lowest BCUT2D eigenvalue weighted by molar-refractivity contribution is 0.179. The van der Waals surface area contributed by atoms with Crippen molar-refractivity contribution >= 4 is 11.8 Å². The molecule has 0 aliphatic carbocycles. The first-order valence-corrected chi connectivity index (χ1v) is 7.80. The Bertz CT molecular complexity index is 442. The van der Waals surface area contributed by atoms with Crippen LogP contribution in [0.2, 0.25) is 0 Å². The smallest absolute Gasteiger partial charge is 0.191 e. The van der Waals surface area contributed by atoms with Gasteiger partial charge >= 0.3 is 0 Å². The number of guanidine groups is 1. The van der Waals surface area contributed by atoms with Gasteiger partial charge in [0.25, 0.3) is 0 Å². The van der Waals surface area contributed by atoms with E-state index in [1.165, 1.54) is 0 Å². The van der Waals surface area contributed by atoms with Crippen LogP contribution in [0.4, 0.5) is 5.82 Å². The fourth-order valence-corrected chi connectivity index (χ4v) is 2.16. The summed E-state index contributed by atoms with van der Waals surface area (Å²) in [5.41, 5.74) is 1.12. The van der Waals surface area contributed by atoms with Crippen molar-refractivity contribution in [3.05, 3.63) is 23.9 Å². The summed E-state index contributed by atoms with van der Waals surface area (Å²) in [4.78, 5) is 11.0. The third-order valence-corrected chi connectivity index (χ3v) is 3.38. The number of rotatable bonds is 8. The molecule has 1 rings (SSSR count). The third-order valence-electron chi connectivity index (χ3n) is 3.38. The average molecular weight is 307 g/mol. The fraction of sp³-hybridized carbons (Fsp3) is 0.625. The van der Waals surface area contributed by atoms with Gasteiger partial charge in [-0.25, -0.2) is 4.98 Å². The van der Waals surface area contributed by atoms with Gasteiger partial charge in [-0.15, -0.1) is 0 Å². The average Bonchev–Trinajstić information content (AvgIpc) is 2.54. The van der Waals surface area contributed by atoms with Gasteiger partial charge in [0.15, 0.2) is 5.96 Å². The molecular formula is C16H29N5O. The maximum absolute atomic E-state index is 5.11. The Morgan fingerprint density at radius 3 is 2.59 bits per heavy atom. The number of nitrogens with zero attached hydrogens (tertiary/aromatic N) is 3. The molecule has 1 unspecified atom stereocenters. The van der Waals surface area contributed by atoms with E-state index in [4.69, 9.17) is 4.74 Å². The zero-order valence-electron chi connectivity index (χ0n) is 14.4. The van der Waals surface area contributed by atoms with Crippen LogP contribution in [0.3, 0.4) is 0 Å². The van der Waals surface area contributed by atoms with E-state index in [9.17, 15) is 0 Å². The van der Waals surface area contributed by atoms with Crippen LogP contribution in [0, 0.1) is 0 Å². The Kier molecular flexibility index (Phi) is 8.28. The van der Waals surface area contributed by atoms with Crippen molar-refractivity contribution in [3.63, 3.8) is 0 Å². The van der Waals surface area contributed by atoms with E-state index in [0.29, 0.717) is 13.2 Å². The summed E-state index contributed by atoms with van der Waals surface area (Å²) >= 11 is 0. The second kappa shape index (κ2) is 10.00. The number of aromatic nitrogens is 1. The molecule has 1 heterocycles. The molecule has 0 aromatic carbocycles. The Morgan fingerprint density at radius 1 is 1.36 bits per heavy atom. The van der Waals surface area contributed by atoms with Crippen molar-refractivity contribution in [2.45, 2.75) is 33.4 Å². The molecule has 1 aromatic heterocycles. The van der Waals surface area contributed by atoms with Crippen LogP contribution in [0.5, 0.6) is 0 Å². The number of ether oxygens (including phenoxy) is 1. The zero-order chi connectivity index (χ0) is 16.4. The summed E-state index contributed by atoms with van der Waals surface area (Å²) in [6.07, 6.45) is 1.91. The van der Waals surface area contributed by atoms with E-state index in [-0.39, 0.29) is 6.04 Å². The van der Waals surface area contributed by atoms with Gasteiger partial charge in [-0.2, -0.15) is 0 Å². The highest BCUT2D eigenvalue weighted by atomic mass is 16.5. The van der Waals surface area contributed by atoms with Crippen molar-refractivity contribution in [1.29, 1.82) is 0 Å². The quantitative estimate of drug-likeness (QED) is 0.564. The maximum Gasteiger partial charge on any atom is 0.191 e. The van der Waals surface area contributed by atoms with E-state index in [0.717, 1.165) is 30.4 Å². The van der Waals surface area contributed by atoms with E-state index >= 15 is 0 Å². The molecule has 0 saturated heterocycles. The van der Waals surface area contributed by atoms with Crippen LogP contribution in [-0.2, 0) is 11.3 Å². The van der Waals surface area contributed by atoms with E-state index in [1.54, 1.807) is 14.2 Å². The van der Waals surface area contributed by atoms with Gasteiger partial charge in [0.2, 0.25) is 0 Å². The molecule has 1 aromatic rings. The van der Waals surface area contributed by atoms with Crippen LogP contribution in [-0.4, -0.2) is 50.8 Å². The van der Waals surface area contributed by atoms with E-state index in [1.807, 2.05) is 6.20 Å². The number of methoxy groups -OCH3 is 1. The molecule has 0 bridgehead atoms. The lowest BCUT2D eigenvalue weighted by atomic mass is 10.2. The van der Waals surface area contributed by atoms with Crippen LogP contribution in [0.15, 0.2) is 23.3 Å². The Morgan fingerprint density at radius 2 is 2.09 bits per heavy atom. The minimum atomic E-state index is 0.208. The predicted molar refractivity (Wildman–Crippen MR) is 92.5 cm³/mol. The largest absolute Gasteiger partial charge is 0.383 e. The summed E-state index contributed by atoms with van der Waals surface area (Å²) in [5.74, 6) is 1.78. The van der Waals surface area contributed by atoms with E-state index in [2.05, 4.69) is 58.4 Å². The topological polar surface area (TPSA) is 61.8 Å². The molecule has 124 valence electrons. The molecule has 0 amide bonds. The van der Waals surface area contributed by atoms with Crippen LogP contribution >= 0.6 is 0 Å². The first kappa shape index (κ1) is 18.2. The van der Waals surface area contributed by atoms with Crippen molar-refractivity contribution in [2.24, 2.45) is 4.99 Å². The molecule has 22 heavy (non-hydrogen) atoms. The summed E-state index contributed by atoms with van der Waals surface area (Å²) < 4.78 is 5.11. The number of hydrogen-bond donors (Lipinski definition) is 2. The number of nitrogens with one attached hydrogen (secondary N) is 2. The molecular weight excluding hydrogens is 278 g/mol. The van der Waals surface area contributed by atoms with Crippen molar-refractivity contribution < 1.29 is 4.74 Å². The second-order valence-corrected chi connectivity index (χ2v) is 5.12. The SMILES string of the molecule is CCN(CC)c1ccc(CNC(=NC)NC(C)COC)cn1. The summed E-state index contributed by atoms with van der Waals surface area (Å²) in [7, 11) is 3.45. The van der Waals surface area contributed by atoms with Crippen LogP contribution < -0.4 is 15.5 Å². The maximum atomic E-state index is 5.11. The third kappa shape index (κ3) is 5.89. The van der Waals surface area contributed by atoms with Gasteiger partial charge in [0, 0.05) is 46.0 Å². The van der Waals surface area contributed by atoms with Crippen LogP contribution in [0.25, 0.3) is 0 Å². The Hall–Kier alpha value is -1.82. The predicted octanol–water partition coefficient (Wildman–Crippen LogP) is 1.63. The number of aliphatic imine (C=N–C) groups is 1. The van der Waals surface area contributed by atoms with E-state index < -0.39 is 0 Å². The molecule has 6 heteroatoms. The molecule has 6 nitrogen and oxygen atoms in total. The number of pyridine rings is 1. The molecule has 0 aliphatic heterocycles. The Labute approximate surface area is 134 Å². The molecule has 0 spiro atoms. The van der Waals surface area contributed by atoms with Crippen molar-refractivity contribution in [2.75, 3.05) is 38.8 Å². The highest BCUT2D eigenvalue weighted by Crippen LogP contribution is 2.10. The fourth-order valence-electron chi connectivity index (χ4n) is 2.16. The minimum absolute atomic E-state index is 0.208. The summed E-state index contributed by atoms with van der Waals surface area (Å²) in [6.45, 7) is 9.58. The monoisotopic (exact) mass is 307 g/mol. The highest BCUT2D eigenvalue weighted by molar-refractivity contribution is 5.79. The highest BCUT2D eigenvalue weighted by Gasteiger charge is 2.06. The lowest BCUT2D eigenvalue weighted by Gasteiger charge is -2.20. The van der Waals surface area contributed by atoms with Crippen molar-refractivity contribution in [1.82, 2.24) is 15.6 Å². The first-order valence-electron chi connectivity index (χ1n) is 7.80. The second-order valence-electron chi connectivity index (χ2n) is 5.12. The van der Waals surface area contributed by atoms with Gasteiger partial charge in [-0.05, 0) is 32.4 Å². The van der Waals surface area contributed by atoms with Gasteiger partial charge in [0.05, 0.1) is 6.61 Å². The minimum Gasteiger partial charge on any atom is -0.383 e. The number of hydrogen-bond acceptors (Lipinski definition) is 4. The lowest BCUT2D eigenvalue weighted by Crippen LogP contribution is -2.43. The van der Waals surface area contributed by atoms with Crippen LogP contribution in [0.1, 0.15) is 26.3 Å². The van der Waals surface area contributed by atoms with Gasteiger partial charge in [-0.3, -0.25) is 4.99 Å². The molecule has 0 saturated carbocycles. The van der Waals surface area contributed by atoms with Gasteiger partial charge in [-0.1, -0.05) is 6.07 Å². The standard InChI is InChI=1S/C16H29N5O/c1-6-21(7-2)15-9-8-14(10-18-15)11-19-16(17-4)20-13(3)12-22-5/h8-10,13H,6-7,11-12H2,1-5H3,(H2,17,19,20). The zero-order valence-corrected chi connectivity index (χ0v) is 14.4. The summed E-state index contributed by atoms with van der Waals surface area (Å²) in [6, 6.07) is 4.37.